The summed E-state index contributed by atoms with van der Waals surface area (Å²) in [6, 6.07) is 7.35. The number of benzene rings is 1. The fraction of sp³-hybridized carbons (Fsp3) is 0.154. The van der Waals surface area contributed by atoms with Gasteiger partial charge < -0.3 is 10.4 Å². The number of carboxylic acid groups (broad SMARTS) is 1. The normalized spacial score (nSPS) is 11.8. The monoisotopic (exact) mass is 292 g/mol. The Bertz CT molecular complexity index is 640. The molecule has 0 saturated heterocycles. The van der Waals surface area contributed by atoms with Crippen molar-refractivity contribution in [3.8, 4) is 0 Å². The number of nitro groups is 1. The second kappa shape index (κ2) is 5.70. The van der Waals surface area contributed by atoms with Crippen molar-refractivity contribution < 1.29 is 14.8 Å². The van der Waals surface area contributed by atoms with E-state index < -0.39 is 10.9 Å². The SMILES string of the molecule is CC(Nc1cc([N+](=O)[O-])ccc1C(=O)O)c1cccs1. The number of non-ortho nitro benzene ring substituents is 1. The first-order chi connectivity index (χ1) is 9.49. The number of aromatic carboxylic acids is 1. The van der Waals surface area contributed by atoms with Gasteiger partial charge in [-0.3, -0.25) is 10.1 Å². The van der Waals surface area contributed by atoms with E-state index in [0.717, 1.165) is 4.88 Å². The van der Waals surface area contributed by atoms with Crippen LogP contribution in [0, 0.1) is 10.1 Å². The number of carbonyl (C=O) groups is 1. The van der Waals surface area contributed by atoms with Crippen LogP contribution >= 0.6 is 11.3 Å². The lowest BCUT2D eigenvalue weighted by atomic mass is 10.1. The van der Waals surface area contributed by atoms with Gasteiger partial charge in [0, 0.05) is 17.0 Å². The van der Waals surface area contributed by atoms with Crippen molar-refractivity contribution in [2.24, 2.45) is 0 Å². The molecule has 2 rings (SSSR count). The van der Waals surface area contributed by atoms with Crippen molar-refractivity contribution in [2.45, 2.75) is 13.0 Å². The number of rotatable bonds is 5. The molecule has 20 heavy (non-hydrogen) atoms. The quantitative estimate of drug-likeness (QED) is 0.649. The number of nitrogens with zero attached hydrogens (tertiary/aromatic N) is 1. The van der Waals surface area contributed by atoms with E-state index in [1.54, 1.807) is 0 Å². The lowest BCUT2D eigenvalue weighted by molar-refractivity contribution is -0.384. The van der Waals surface area contributed by atoms with Crippen LogP contribution in [-0.4, -0.2) is 16.0 Å². The predicted molar refractivity (Wildman–Crippen MR) is 76.4 cm³/mol. The Morgan fingerprint density at radius 2 is 2.20 bits per heavy atom. The Hall–Kier alpha value is -2.41. The Morgan fingerprint density at radius 3 is 2.75 bits per heavy atom. The van der Waals surface area contributed by atoms with Crippen LogP contribution in [-0.2, 0) is 0 Å². The summed E-state index contributed by atoms with van der Waals surface area (Å²) in [7, 11) is 0. The van der Waals surface area contributed by atoms with Gasteiger partial charge in [0.1, 0.15) is 0 Å². The molecule has 0 aliphatic carbocycles. The molecule has 0 bridgehead atoms. The van der Waals surface area contributed by atoms with Gasteiger partial charge >= 0.3 is 5.97 Å². The molecule has 0 fully saturated rings. The molecule has 0 aliphatic heterocycles. The van der Waals surface area contributed by atoms with E-state index in [-0.39, 0.29) is 23.0 Å². The molecular weight excluding hydrogens is 280 g/mol. The number of hydrogen-bond donors (Lipinski definition) is 2. The Morgan fingerprint density at radius 1 is 1.45 bits per heavy atom. The molecule has 6 nitrogen and oxygen atoms in total. The molecule has 104 valence electrons. The van der Waals surface area contributed by atoms with Crippen molar-refractivity contribution in [3.63, 3.8) is 0 Å². The second-order valence-electron chi connectivity index (χ2n) is 4.17. The highest BCUT2D eigenvalue weighted by Gasteiger charge is 2.17. The van der Waals surface area contributed by atoms with Gasteiger partial charge in [0.2, 0.25) is 0 Å². The molecule has 0 radical (unpaired) electrons. The number of thiophene rings is 1. The van der Waals surface area contributed by atoms with Crippen LogP contribution in [0.5, 0.6) is 0 Å². The fourth-order valence-corrected chi connectivity index (χ4v) is 2.53. The third-order valence-electron chi connectivity index (χ3n) is 2.79. The summed E-state index contributed by atoms with van der Waals surface area (Å²) in [5, 5.41) is 24.8. The summed E-state index contributed by atoms with van der Waals surface area (Å²) in [6.07, 6.45) is 0. The fourth-order valence-electron chi connectivity index (χ4n) is 1.79. The van der Waals surface area contributed by atoms with E-state index in [4.69, 9.17) is 5.11 Å². The van der Waals surface area contributed by atoms with Crippen molar-refractivity contribution in [1.82, 2.24) is 0 Å². The zero-order valence-electron chi connectivity index (χ0n) is 10.6. The number of anilines is 1. The molecule has 2 N–H and O–H groups in total. The van der Waals surface area contributed by atoms with Gasteiger partial charge in [-0.05, 0) is 24.4 Å². The summed E-state index contributed by atoms with van der Waals surface area (Å²) >= 11 is 1.53. The third-order valence-corrected chi connectivity index (χ3v) is 3.84. The smallest absolute Gasteiger partial charge is 0.337 e. The Kier molecular flexibility index (Phi) is 3.99. The maximum Gasteiger partial charge on any atom is 0.337 e. The highest BCUT2D eigenvalue weighted by molar-refractivity contribution is 7.10. The van der Waals surface area contributed by atoms with E-state index in [1.165, 1.54) is 29.5 Å². The van der Waals surface area contributed by atoms with Crippen LogP contribution in [0.25, 0.3) is 0 Å². The summed E-state index contributed by atoms with van der Waals surface area (Å²) in [5.41, 5.74) is 0.113. The molecule has 1 unspecified atom stereocenters. The van der Waals surface area contributed by atoms with E-state index in [0.29, 0.717) is 0 Å². The maximum absolute atomic E-state index is 11.2. The maximum atomic E-state index is 11.2. The van der Waals surface area contributed by atoms with E-state index in [1.807, 2.05) is 24.4 Å². The molecule has 1 heterocycles. The van der Waals surface area contributed by atoms with Gasteiger partial charge in [0.25, 0.3) is 5.69 Å². The average molecular weight is 292 g/mol. The van der Waals surface area contributed by atoms with Crippen LogP contribution in [0.3, 0.4) is 0 Å². The molecule has 0 amide bonds. The minimum atomic E-state index is -1.12. The zero-order chi connectivity index (χ0) is 14.7. The summed E-state index contributed by atoms with van der Waals surface area (Å²) in [6.45, 7) is 1.87. The lowest BCUT2D eigenvalue weighted by Gasteiger charge is -2.15. The molecule has 2 aromatic rings. The second-order valence-corrected chi connectivity index (χ2v) is 5.15. The third kappa shape index (κ3) is 2.94. The van der Waals surface area contributed by atoms with Gasteiger partial charge in [0.15, 0.2) is 0 Å². The number of nitro benzene ring substituents is 1. The van der Waals surface area contributed by atoms with Crippen molar-refractivity contribution in [3.05, 3.63) is 56.3 Å². The Balaban J connectivity index is 2.35. The summed E-state index contributed by atoms with van der Waals surface area (Å²) in [4.78, 5) is 22.4. The average Bonchev–Trinajstić information content (AvgIpc) is 2.92. The van der Waals surface area contributed by atoms with E-state index >= 15 is 0 Å². The first kappa shape index (κ1) is 14.0. The molecule has 0 spiro atoms. The lowest BCUT2D eigenvalue weighted by Crippen LogP contribution is -2.10. The summed E-state index contributed by atoms with van der Waals surface area (Å²) < 4.78 is 0. The molecule has 1 atom stereocenters. The summed E-state index contributed by atoms with van der Waals surface area (Å²) in [5.74, 6) is -1.12. The molecule has 1 aromatic heterocycles. The number of carboxylic acids is 1. The number of nitrogens with one attached hydrogen (secondary N) is 1. The topological polar surface area (TPSA) is 92.5 Å². The van der Waals surface area contributed by atoms with Crippen LogP contribution in [0.2, 0.25) is 0 Å². The van der Waals surface area contributed by atoms with Gasteiger partial charge in [-0.25, -0.2) is 4.79 Å². The minimum Gasteiger partial charge on any atom is -0.478 e. The van der Waals surface area contributed by atoms with Gasteiger partial charge in [-0.15, -0.1) is 11.3 Å². The molecule has 0 saturated carbocycles. The van der Waals surface area contributed by atoms with Crippen LogP contribution in [0.4, 0.5) is 11.4 Å². The highest BCUT2D eigenvalue weighted by atomic mass is 32.1. The van der Waals surface area contributed by atoms with E-state index in [9.17, 15) is 14.9 Å². The van der Waals surface area contributed by atoms with Gasteiger partial charge in [0.05, 0.1) is 22.2 Å². The van der Waals surface area contributed by atoms with E-state index in [2.05, 4.69) is 5.32 Å². The van der Waals surface area contributed by atoms with Crippen molar-refractivity contribution >= 4 is 28.7 Å². The Labute approximate surface area is 118 Å². The van der Waals surface area contributed by atoms with Crippen molar-refractivity contribution in [1.29, 1.82) is 0 Å². The van der Waals surface area contributed by atoms with Crippen LogP contribution in [0.1, 0.15) is 28.2 Å². The minimum absolute atomic E-state index is 0.0130. The standard InChI is InChI=1S/C13H12N2O4S/c1-8(12-3-2-6-20-12)14-11-7-9(15(18)19)4-5-10(11)13(16)17/h2-8,14H,1H3,(H,16,17). The van der Waals surface area contributed by atoms with Crippen molar-refractivity contribution in [2.75, 3.05) is 5.32 Å². The molecule has 7 heteroatoms. The molecule has 1 aromatic carbocycles. The first-order valence-electron chi connectivity index (χ1n) is 5.80. The zero-order valence-corrected chi connectivity index (χ0v) is 11.4. The highest BCUT2D eigenvalue weighted by Crippen LogP contribution is 2.28. The van der Waals surface area contributed by atoms with Crippen LogP contribution < -0.4 is 5.32 Å². The molecular formula is C13H12N2O4S. The largest absolute Gasteiger partial charge is 0.478 e. The molecule has 0 aliphatic rings. The van der Waals surface area contributed by atoms with Gasteiger partial charge in [-0.2, -0.15) is 0 Å². The predicted octanol–water partition coefficient (Wildman–Crippen LogP) is 3.53. The van der Waals surface area contributed by atoms with Gasteiger partial charge in [-0.1, -0.05) is 6.07 Å². The van der Waals surface area contributed by atoms with Crippen LogP contribution in [0.15, 0.2) is 35.7 Å². The number of hydrogen-bond acceptors (Lipinski definition) is 5. The first-order valence-corrected chi connectivity index (χ1v) is 6.68.